The summed E-state index contributed by atoms with van der Waals surface area (Å²) in [7, 11) is 4.34. The number of benzene rings is 1. The predicted octanol–water partition coefficient (Wildman–Crippen LogP) is 4.85. The Morgan fingerprint density at radius 1 is 1.11 bits per heavy atom. The minimum atomic E-state index is -0.884. The fourth-order valence-corrected chi connectivity index (χ4v) is 5.90. The van der Waals surface area contributed by atoms with Crippen molar-refractivity contribution in [3.05, 3.63) is 51.2 Å². The van der Waals surface area contributed by atoms with Crippen molar-refractivity contribution in [3.63, 3.8) is 0 Å². The van der Waals surface area contributed by atoms with E-state index in [1.54, 1.807) is 0 Å². The van der Waals surface area contributed by atoms with Gasteiger partial charge in [0.15, 0.2) is 0 Å². The topological polar surface area (TPSA) is 71.0 Å². The van der Waals surface area contributed by atoms with Gasteiger partial charge >= 0.3 is 0 Å². The first kappa shape index (κ1) is 28.0. The molecule has 1 aromatic rings. The molecule has 6 nitrogen and oxygen atoms in total. The highest BCUT2D eigenvalue weighted by molar-refractivity contribution is 6.31. The molecule has 1 aliphatic heterocycles. The molecule has 2 unspecified atom stereocenters. The molecule has 1 fully saturated rings. The lowest BCUT2D eigenvalue weighted by atomic mass is 9.88. The van der Waals surface area contributed by atoms with E-state index in [9.17, 15) is 10.2 Å². The first-order valence-corrected chi connectivity index (χ1v) is 13.5. The molecule has 35 heavy (non-hydrogen) atoms. The Kier molecular flexibility index (Phi) is 10.1. The summed E-state index contributed by atoms with van der Waals surface area (Å²) >= 11 is 6.58. The zero-order chi connectivity index (χ0) is 25.7. The van der Waals surface area contributed by atoms with Gasteiger partial charge in [0.1, 0.15) is 12.5 Å². The first-order chi connectivity index (χ1) is 16.7. The Labute approximate surface area is 217 Å². The maximum absolute atomic E-state index is 11.2. The van der Waals surface area contributed by atoms with Gasteiger partial charge in [0.2, 0.25) is 0 Å². The van der Waals surface area contributed by atoms with Crippen LogP contribution in [0.3, 0.4) is 0 Å². The number of nitrogens with zero attached hydrogens (tertiary/aromatic N) is 2. The average molecular weight is 505 g/mol. The van der Waals surface area contributed by atoms with Crippen molar-refractivity contribution in [2.45, 2.75) is 90.8 Å². The van der Waals surface area contributed by atoms with Crippen LogP contribution in [0, 0.1) is 6.92 Å². The molecule has 2 aliphatic rings. The summed E-state index contributed by atoms with van der Waals surface area (Å²) in [5, 5.41) is 28.7. The molecule has 1 saturated carbocycles. The Balaban J connectivity index is 1.79. The molecular formula is C28H45ClN4O2. The van der Waals surface area contributed by atoms with Crippen LogP contribution in [0.25, 0.3) is 0 Å². The van der Waals surface area contributed by atoms with Crippen LogP contribution in [0.1, 0.15) is 76.7 Å². The lowest BCUT2D eigenvalue weighted by Gasteiger charge is -2.40. The molecule has 0 saturated heterocycles. The van der Waals surface area contributed by atoms with E-state index in [1.807, 2.05) is 19.1 Å². The van der Waals surface area contributed by atoms with E-state index in [0.717, 1.165) is 65.9 Å². The molecule has 0 radical (unpaired) electrons. The van der Waals surface area contributed by atoms with Crippen molar-refractivity contribution >= 4 is 17.3 Å². The fourth-order valence-electron chi connectivity index (χ4n) is 5.68. The lowest BCUT2D eigenvalue weighted by molar-refractivity contribution is 0.133. The molecule has 4 N–H and O–H groups in total. The van der Waals surface area contributed by atoms with Gasteiger partial charge in [0, 0.05) is 47.1 Å². The molecular weight excluding hydrogens is 460 g/mol. The van der Waals surface area contributed by atoms with Crippen LogP contribution in [0.5, 0.6) is 0 Å². The highest BCUT2D eigenvalue weighted by Crippen LogP contribution is 2.35. The number of aliphatic hydroxyl groups is 2. The van der Waals surface area contributed by atoms with Crippen molar-refractivity contribution in [1.29, 1.82) is 0 Å². The normalized spacial score (nSPS) is 23.8. The van der Waals surface area contributed by atoms with Crippen LogP contribution >= 0.6 is 11.6 Å². The van der Waals surface area contributed by atoms with Gasteiger partial charge in [-0.25, -0.2) is 0 Å². The van der Waals surface area contributed by atoms with E-state index < -0.39 is 12.5 Å². The third-order valence-electron chi connectivity index (χ3n) is 7.67. The first-order valence-electron chi connectivity index (χ1n) is 13.2. The number of hydrogen-bond donors (Lipinski definition) is 4. The van der Waals surface area contributed by atoms with E-state index in [2.05, 4.69) is 61.4 Å². The van der Waals surface area contributed by atoms with E-state index in [4.69, 9.17) is 11.6 Å². The highest BCUT2D eigenvalue weighted by atomic mass is 35.5. The van der Waals surface area contributed by atoms with Crippen LogP contribution in [0.15, 0.2) is 35.1 Å². The highest BCUT2D eigenvalue weighted by Gasteiger charge is 2.28. The molecule has 196 valence electrons. The van der Waals surface area contributed by atoms with Crippen molar-refractivity contribution in [2.75, 3.05) is 32.1 Å². The molecule has 3 rings (SSSR count). The number of anilines is 1. The summed E-state index contributed by atoms with van der Waals surface area (Å²) < 4.78 is 0. The summed E-state index contributed by atoms with van der Waals surface area (Å²) in [5.74, 6) is 0. The van der Waals surface area contributed by atoms with Gasteiger partial charge in [-0.2, -0.15) is 0 Å². The largest absolute Gasteiger partial charge is 0.374 e. The van der Waals surface area contributed by atoms with Gasteiger partial charge < -0.3 is 25.3 Å². The predicted molar refractivity (Wildman–Crippen MR) is 147 cm³/mol. The molecule has 1 aliphatic carbocycles. The Morgan fingerprint density at radius 3 is 2.37 bits per heavy atom. The van der Waals surface area contributed by atoms with Gasteiger partial charge in [-0.05, 0) is 102 Å². The smallest absolute Gasteiger partial charge is 0.148 e. The molecule has 7 heteroatoms. The second-order valence-corrected chi connectivity index (χ2v) is 10.7. The maximum atomic E-state index is 11.2. The van der Waals surface area contributed by atoms with Crippen LogP contribution < -0.4 is 15.5 Å². The Morgan fingerprint density at radius 2 is 1.77 bits per heavy atom. The van der Waals surface area contributed by atoms with Gasteiger partial charge in [-0.15, -0.1) is 0 Å². The second-order valence-electron chi connectivity index (χ2n) is 10.3. The van der Waals surface area contributed by atoms with Gasteiger partial charge in [-0.3, -0.25) is 5.32 Å². The fraction of sp³-hybridized carbons (Fsp3) is 0.643. The molecule has 0 amide bonds. The minimum Gasteiger partial charge on any atom is -0.374 e. The van der Waals surface area contributed by atoms with Gasteiger partial charge in [-0.1, -0.05) is 24.9 Å². The van der Waals surface area contributed by atoms with Crippen LogP contribution in [-0.4, -0.2) is 60.6 Å². The van der Waals surface area contributed by atoms with E-state index in [0.29, 0.717) is 23.7 Å². The third-order valence-corrected chi connectivity index (χ3v) is 7.89. The van der Waals surface area contributed by atoms with Crippen molar-refractivity contribution in [2.24, 2.45) is 0 Å². The molecule has 0 bridgehead atoms. The standard InChI is InChI=1S/C28H45ClN4O2/c1-7-9-20-14-18(3)31-28(35)25(20)17-30-27(34)24-15-21(29)16-26(19(24)4)33(8-2)23-12-10-22(11-13-23)32(5)6/h14-16,22-23,27-28,30-31,34-35H,7-13,17H2,1-6H3. The zero-order valence-electron chi connectivity index (χ0n) is 22.4. The third kappa shape index (κ3) is 6.80. The number of nitrogens with one attached hydrogen (secondary N) is 2. The maximum Gasteiger partial charge on any atom is 0.148 e. The van der Waals surface area contributed by atoms with Crippen LogP contribution in [0.4, 0.5) is 5.69 Å². The number of allylic oxidation sites excluding steroid dienone is 3. The molecule has 0 aromatic heterocycles. The summed E-state index contributed by atoms with van der Waals surface area (Å²) in [6, 6.07) is 5.03. The van der Waals surface area contributed by atoms with Crippen molar-refractivity contribution in [3.8, 4) is 0 Å². The van der Waals surface area contributed by atoms with Gasteiger partial charge in [0.25, 0.3) is 0 Å². The minimum absolute atomic E-state index is 0.391. The number of dihydropyridines is 1. The Bertz CT molecular complexity index is 922. The monoisotopic (exact) mass is 504 g/mol. The summed E-state index contributed by atoms with van der Waals surface area (Å²) in [5.41, 5.74) is 5.91. The number of rotatable bonds is 10. The average Bonchev–Trinajstić information content (AvgIpc) is 2.81. The molecule has 2 atom stereocenters. The van der Waals surface area contributed by atoms with Crippen molar-refractivity contribution < 1.29 is 10.2 Å². The molecule has 0 spiro atoms. The van der Waals surface area contributed by atoms with Gasteiger partial charge in [0.05, 0.1) is 0 Å². The Hall–Kier alpha value is -1.57. The van der Waals surface area contributed by atoms with E-state index in [1.165, 1.54) is 12.8 Å². The van der Waals surface area contributed by atoms with Crippen LogP contribution in [-0.2, 0) is 0 Å². The number of hydrogen-bond acceptors (Lipinski definition) is 6. The lowest BCUT2D eigenvalue weighted by Crippen LogP contribution is -2.42. The van der Waals surface area contributed by atoms with Crippen LogP contribution in [0.2, 0.25) is 5.02 Å². The summed E-state index contributed by atoms with van der Waals surface area (Å²) in [4.78, 5) is 4.81. The molecule has 1 heterocycles. The van der Waals surface area contributed by atoms with E-state index >= 15 is 0 Å². The van der Waals surface area contributed by atoms with E-state index in [-0.39, 0.29) is 0 Å². The number of aliphatic hydroxyl groups excluding tert-OH is 2. The SMILES string of the molecule is CCCC1=C(CNC(O)c2cc(Cl)cc(N(CC)C3CCC(N(C)C)CC3)c2C)C(O)NC(C)=C1. The quantitative estimate of drug-likeness (QED) is 0.341. The summed E-state index contributed by atoms with van der Waals surface area (Å²) in [6.07, 6.45) is 7.07. The molecule has 1 aromatic carbocycles. The summed E-state index contributed by atoms with van der Waals surface area (Å²) in [6.45, 7) is 9.65. The van der Waals surface area contributed by atoms with Crippen molar-refractivity contribution in [1.82, 2.24) is 15.5 Å². The second kappa shape index (κ2) is 12.6. The number of halogens is 1. The zero-order valence-corrected chi connectivity index (χ0v) is 23.1.